The highest BCUT2D eigenvalue weighted by atomic mass is 79.9. The number of nitrogens with one attached hydrogen (secondary N) is 1. The quantitative estimate of drug-likeness (QED) is 0.316. The molecular formula is C31H36BrN3O4S. The van der Waals surface area contributed by atoms with Gasteiger partial charge in [0.05, 0.1) is 11.9 Å². The van der Waals surface area contributed by atoms with Gasteiger partial charge in [-0.2, -0.15) is 0 Å². The van der Waals surface area contributed by atoms with E-state index >= 15 is 0 Å². The predicted molar refractivity (Wildman–Crippen MR) is 162 cm³/mol. The number of aryl methyl sites for hydroxylation is 1. The molecule has 0 aromatic heterocycles. The Balaban J connectivity index is 1.73. The van der Waals surface area contributed by atoms with Crippen LogP contribution in [0.2, 0.25) is 0 Å². The van der Waals surface area contributed by atoms with Crippen molar-refractivity contribution in [3.63, 3.8) is 0 Å². The predicted octanol–water partition coefficient (Wildman–Crippen LogP) is 5.22. The molecule has 1 aliphatic carbocycles. The lowest BCUT2D eigenvalue weighted by molar-refractivity contribution is -0.140. The molecule has 0 saturated heterocycles. The van der Waals surface area contributed by atoms with Gasteiger partial charge in [0.2, 0.25) is 21.8 Å². The Morgan fingerprint density at radius 3 is 2.25 bits per heavy atom. The van der Waals surface area contributed by atoms with Crippen molar-refractivity contribution < 1.29 is 18.0 Å². The molecule has 0 bridgehead atoms. The lowest BCUT2D eigenvalue weighted by Crippen LogP contribution is -2.54. The number of rotatable bonds is 11. The Hall–Kier alpha value is -3.17. The largest absolute Gasteiger partial charge is 0.352 e. The lowest BCUT2D eigenvalue weighted by atomic mass is 10.0. The Bertz CT molecular complexity index is 1430. The number of carbonyl (C=O) groups is 2. The first-order chi connectivity index (χ1) is 19.1. The van der Waals surface area contributed by atoms with E-state index in [0.717, 1.165) is 52.9 Å². The van der Waals surface area contributed by atoms with Crippen LogP contribution in [0.5, 0.6) is 0 Å². The zero-order valence-corrected chi connectivity index (χ0v) is 25.3. The summed E-state index contributed by atoms with van der Waals surface area (Å²) in [6, 6.07) is 23.5. The monoisotopic (exact) mass is 625 g/mol. The van der Waals surface area contributed by atoms with Crippen molar-refractivity contribution in [2.24, 2.45) is 0 Å². The molecule has 0 radical (unpaired) electrons. The molecule has 0 spiro atoms. The minimum absolute atomic E-state index is 0.0782. The molecule has 3 aromatic rings. The van der Waals surface area contributed by atoms with Gasteiger partial charge in [0.25, 0.3) is 0 Å². The van der Waals surface area contributed by atoms with Crippen molar-refractivity contribution in [2.75, 3.05) is 17.1 Å². The summed E-state index contributed by atoms with van der Waals surface area (Å²) in [4.78, 5) is 29.6. The van der Waals surface area contributed by atoms with Gasteiger partial charge in [0.15, 0.2) is 0 Å². The van der Waals surface area contributed by atoms with E-state index in [-0.39, 0.29) is 18.5 Å². The molecule has 212 valence electrons. The second-order valence-electron chi connectivity index (χ2n) is 10.4. The molecule has 4 rings (SSSR count). The van der Waals surface area contributed by atoms with Crippen LogP contribution in [-0.2, 0) is 32.6 Å². The third-order valence-electron chi connectivity index (χ3n) is 7.21. The number of hydrogen-bond donors (Lipinski definition) is 1. The molecule has 1 aliphatic rings. The van der Waals surface area contributed by atoms with Crippen LogP contribution >= 0.6 is 15.9 Å². The number of anilines is 1. The molecule has 1 fully saturated rings. The molecule has 3 aromatic carbocycles. The van der Waals surface area contributed by atoms with E-state index in [1.165, 1.54) is 0 Å². The van der Waals surface area contributed by atoms with Crippen molar-refractivity contribution in [1.82, 2.24) is 10.2 Å². The van der Waals surface area contributed by atoms with Gasteiger partial charge in [0.1, 0.15) is 12.6 Å². The molecule has 9 heteroatoms. The average molecular weight is 627 g/mol. The number of sulfonamides is 1. The van der Waals surface area contributed by atoms with Crippen LogP contribution in [0.25, 0.3) is 0 Å². The number of para-hydroxylation sites is 1. The highest BCUT2D eigenvalue weighted by Gasteiger charge is 2.34. The molecule has 2 amide bonds. The molecule has 1 atom stereocenters. The van der Waals surface area contributed by atoms with Gasteiger partial charge in [-0.05, 0) is 59.0 Å². The highest BCUT2D eigenvalue weighted by Crippen LogP contribution is 2.28. The van der Waals surface area contributed by atoms with Crippen molar-refractivity contribution >= 4 is 43.5 Å². The summed E-state index contributed by atoms with van der Waals surface area (Å²) in [6.07, 6.45) is 5.35. The Kier molecular flexibility index (Phi) is 10.0. The van der Waals surface area contributed by atoms with E-state index in [4.69, 9.17) is 0 Å². The van der Waals surface area contributed by atoms with E-state index in [0.29, 0.717) is 16.6 Å². The Labute approximate surface area is 245 Å². The number of halogens is 1. The van der Waals surface area contributed by atoms with Crippen LogP contribution in [0.3, 0.4) is 0 Å². The van der Waals surface area contributed by atoms with Crippen LogP contribution in [0, 0.1) is 6.92 Å². The topological polar surface area (TPSA) is 86.8 Å². The molecule has 1 N–H and O–H groups in total. The first-order valence-corrected chi connectivity index (χ1v) is 16.2. The van der Waals surface area contributed by atoms with Gasteiger partial charge in [-0.15, -0.1) is 0 Å². The van der Waals surface area contributed by atoms with Gasteiger partial charge in [-0.25, -0.2) is 8.42 Å². The van der Waals surface area contributed by atoms with E-state index in [1.807, 2.05) is 61.5 Å². The fourth-order valence-corrected chi connectivity index (χ4v) is 6.66. The van der Waals surface area contributed by atoms with Gasteiger partial charge in [-0.3, -0.25) is 13.9 Å². The third-order valence-corrected chi connectivity index (χ3v) is 9.01. The minimum Gasteiger partial charge on any atom is -0.352 e. The van der Waals surface area contributed by atoms with E-state index in [2.05, 4.69) is 21.2 Å². The van der Waals surface area contributed by atoms with Crippen molar-refractivity contribution in [1.29, 1.82) is 0 Å². The van der Waals surface area contributed by atoms with Crippen molar-refractivity contribution in [3.8, 4) is 0 Å². The average Bonchev–Trinajstić information content (AvgIpc) is 3.43. The Morgan fingerprint density at radius 1 is 0.950 bits per heavy atom. The SMILES string of the molecule is Cc1cccc(CN(C(=O)CN(c2ccccc2Br)S(C)(=O)=O)[C@@H](Cc2ccccc2)C(=O)NC2CCCC2)c1. The number of carbonyl (C=O) groups excluding carboxylic acids is 2. The molecular weight excluding hydrogens is 590 g/mol. The standard InChI is InChI=1S/C31H36BrN3O4S/c1-23-11-10-14-25(19-23)21-34(30(36)22-35(40(2,38)39)28-18-9-8-17-27(28)32)29(20-24-12-4-3-5-13-24)31(37)33-26-15-6-7-16-26/h3-5,8-14,17-19,26,29H,6-7,15-16,20-22H2,1-2H3,(H,33,37)/t29-/m0/s1. The molecule has 0 aliphatic heterocycles. The first kappa shape index (κ1) is 29.8. The summed E-state index contributed by atoms with van der Waals surface area (Å²) in [6.45, 7) is 1.71. The molecule has 1 saturated carbocycles. The lowest BCUT2D eigenvalue weighted by Gasteiger charge is -2.34. The molecule has 0 unspecified atom stereocenters. The van der Waals surface area contributed by atoms with E-state index in [9.17, 15) is 18.0 Å². The number of benzene rings is 3. The van der Waals surface area contributed by atoms with Crippen molar-refractivity contribution in [3.05, 3.63) is 100 Å². The number of hydrogen-bond acceptors (Lipinski definition) is 4. The zero-order chi connectivity index (χ0) is 28.7. The Morgan fingerprint density at radius 2 is 1.60 bits per heavy atom. The number of nitrogens with zero attached hydrogens (tertiary/aromatic N) is 2. The van der Waals surface area contributed by atoms with E-state index in [1.54, 1.807) is 29.2 Å². The maximum atomic E-state index is 14.2. The highest BCUT2D eigenvalue weighted by molar-refractivity contribution is 9.10. The summed E-state index contributed by atoms with van der Waals surface area (Å²) in [7, 11) is -3.82. The smallest absolute Gasteiger partial charge is 0.244 e. The number of amides is 2. The maximum Gasteiger partial charge on any atom is 0.244 e. The van der Waals surface area contributed by atoms with E-state index < -0.39 is 28.5 Å². The van der Waals surface area contributed by atoms with Crippen molar-refractivity contribution in [2.45, 2.75) is 57.7 Å². The second-order valence-corrected chi connectivity index (χ2v) is 13.2. The van der Waals surface area contributed by atoms with Gasteiger partial charge in [0, 0.05) is 23.5 Å². The van der Waals surface area contributed by atoms with Crippen LogP contribution in [0.4, 0.5) is 5.69 Å². The summed E-state index contributed by atoms with van der Waals surface area (Å²) in [5.41, 5.74) is 3.18. The second kappa shape index (κ2) is 13.5. The fourth-order valence-electron chi connectivity index (χ4n) is 5.18. The first-order valence-electron chi connectivity index (χ1n) is 13.5. The molecule has 40 heavy (non-hydrogen) atoms. The fraction of sp³-hybridized carbons (Fsp3) is 0.355. The minimum atomic E-state index is -3.82. The summed E-state index contributed by atoms with van der Waals surface area (Å²) >= 11 is 3.43. The molecule has 7 nitrogen and oxygen atoms in total. The van der Waals surface area contributed by atoms with Crippen LogP contribution in [0.15, 0.2) is 83.3 Å². The van der Waals surface area contributed by atoms with Gasteiger partial charge in [-0.1, -0.05) is 85.1 Å². The van der Waals surface area contributed by atoms with Gasteiger partial charge < -0.3 is 10.2 Å². The van der Waals surface area contributed by atoms with Crippen LogP contribution < -0.4 is 9.62 Å². The maximum absolute atomic E-state index is 14.2. The molecule has 0 heterocycles. The van der Waals surface area contributed by atoms with Crippen LogP contribution in [-0.4, -0.2) is 50.0 Å². The summed E-state index contributed by atoms with van der Waals surface area (Å²) < 4.78 is 27.5. The zero-order valence-electron chi connectivity index (χ0n) is 22.9. The summed E-state index contributed by atoms with van der Waals surface area (Å²) in [5, 5.41) is 3.18. The van der Waals surface area contributed by atoms with Gasteiger partial charge >= 0.3 is 0 Å². The third kappa shape index (κ3) is 7.95. The normalized spacial score (nSPS) is 14.5. The summed E-state index contributed by atoms with van der Waals surface area (Å²) in [5.74, 6) is -0.672. The van der Waals surface area contributed by atoms with Crippen LogP contribution in [0.1, 0.15) is 42.4 Å².